The summed E-state index contributed by atoms with van der Waals surface area (Å²) in [5, 5.41) is 4.15. The highest BCUT2D eigenvalue weighted by atomic mass is 32.2. The molecule has 21 heavy (non-hydrogen) atoms. The first-order chi connectivity index (χ1) is 9.90. The minimum Gasteiger partial charge on any atom is -0.345 e. The molecule has 8 heteroatoms. The zero-order valence-corrected chi connectivity index (χ0v) is 12.7. The first-order valence-corrected chi connectivity index (χ1v) is 7.83. The highest BCUT2D eigenvalue weighted by Gasteiger charge is 2.24. The molecule has 2 heterocycles. The van der Waals surface area contributed by atoms with Crippen LogP contribution in [0.3, 0.4) is 0 Å². The molecule has 0 radical (unpaired) electrons. The highest BCUT2D eigenvalue weighted by molar-refractivity contribution is 7.92. The number of aromatic nitrogens is 4. The summed E-state index contributed by atoms with van der Waals surface area (Å²) in [5.41, 5.74) is 2.86. The highest BCUT2D eigenvalue weighted by Crippen LogP contribution is 2.25. The lowest BCUT2D eigenvalue weighted by molar-refractivity contribution is 0.599. The summed E-state index contributed by atoms with van der Waals surface area (Å²) in [6.45, 7) is 3.40. The lowest BCUT2D eigenvalue weighted by Gasteiger charge is -2.09. The van der Waals surface area contributed by atoms with Crippen molar-refractivity contribution < 1.29 is 8.42 Å². The normalized spacial score (nSPS) is 12.0. The number of aromatic amines is 1. The Hall–Kier alpha value is -2.35. The third-order valence-electron chi connectivity index (χ3n) is 3.41. The van der Waals surface area contributed by atoms with Gasteiger partial charge in [-0.05, 0) is 26.0 Å². The van der Waals surface area contributed by atoms with Crippen molar-refractivity contribution in [2.75, 3.05) is 4.72 Å². The fourth-order valence-corrected chi connectivity index (χ4v) is 3.89. The first-order valence-electron chi connectivity index (χ1n) is 6.35. The Kier molecular flexibility index (Phi) is 2.98. The second kappa shape index (κ2) is 4.59. The average molecular weight is 305 g/mol. The molecule has 7 nitrogen and oxygen atoms in total. The Morgan fingerprint density at radius 1 is 1.29 bits per heavy atom. The number of aryl methyl sites for hydroxylation is 2. The van der Waals surface area contributed by atoms with Gasteiger partial charge in [0.2, 0.25) is 0 Å². The third-order valence-corrected chi connectivity index (χ3v) is 5.02. The Morgan fingerprint density at radius 3 is 2.71 bits per heavy atom. The quantitative estimate of drug-likeness (QED) is 0.770. The fraction of sp³-hybridized carbons (Fsp3) is 0.231. The molecule has 110 valence electrons. The van der Waals surface area contributed by atoms with E-state index < -0.39 is 10.0 Å². The van der Waals surface area contributed by atoms with Crippen molar-refractivity contribution in [3.05, 3.63) is 35.9 Å². The van der Waals surface area contributed by atoms with E-state index in [1.165, 1.54) is 6.33 Å². The van der Waals surface area contributed by atoms with Crippen molar-refractivity contribution in [3.8, 4) is 0 Å². The first kappa shape index (κ1) is 13.6. The number of anilines is 1. The summed E-state index contributed by atoms with van der Waals surface area (Å²) >= 11 is 0. The monoisotopic (exact) mass is 305 g/mol. The standard InChI is InChI=1S/C13H15N5O2S/c1-8-13(9(2)18(3)16-8)21(19,20)17-11-6-4-5-10-12(11)15-7-14-10/h4-7,17H,1-3H3,(H,14,15). The van der Waals surface area contributed by atoms with Crippen LogP contribution in [-0.2, 0) is 17.1 Å². The molecule has 0 aliphatic rings. The van der Waals surface area contributed by atoms with Gasteiger partial charge in [-0.15, -0.1) is 0 Å². The molecule has 0 fully saturated rings. The summed E-state index contributed by atoms with van der Waals surface area (Å²) in [4.78, 5) is 7.30. The predicted octanol–water partition coefficient (Wildman–Crippen LogP) is 1.71. The van der Waals surface area contributed by atoms with E-state index >= 15 is 0 Å². The fourth-order valence-electron chi connectivity index (χ4n) is 2.39. The second-order valence-corrected chi connectivity index (χ2v) is 6.45. The van der Waals surface area contributed by atoms with Gasteiger partial charge in [0.15, 0.2) is 0 Å². The molecule has 0 atom stereocenters. The van der Waals surface area contributed by atoms with Gasteiger partial charge >= 0.3 is 0 Å². The smallest absolute Gasteiger partial charge is 0.265 e. The molecule has 0 aliphatic heterocycles. The van der Waals surface area contributed by atoms with Gasteiger partial charge in [-0.3, -0.25) is 9.40 Å². The number of H-pyrrole nitrogens is 1. The molecule has 0 amide bonds. The molecule has 2 aromatic heterocycles. The van der Waals surface area contributed by atoms with Crippen molar-refractivity contribution in [2.45, 2.75) is 18.7 Å². The van der Waals surface area contributed by atoms with Gasteiger partial charge in [0.25, 0.3) is 10.0 Å². The van der Waals surface area contributed by atoms with Crippen LogP contribution >= 0.6 is 0 Å². The van der Waals surface area contributed by atoms with E-state index in [9.17, 15) is 8.42 Å². The molecule has 0 bridgehead atoms. The topological polar surface area (TPSA) is 92.7 Å². The van der Waals surface area contributed by atoms with Gasteiger partial charge in [0, 0.05) is 7.05 Å². The van der Waals surface area contributed by atoms with Gasteiger partial charge in [-0.1, -0.05) is 6.07 Å². The summed E-state index contributed by atoms with van der Waals surface area (Å²) in [6, 6.07) is 5.28. The zero-order valence-electron chi connectivity index (χ0n) is 11.9. The maximum atomic E-state index is 12.6. The molecule has 3 aromatic rings. The number of nitrogens with one attached hydrogen (secondary N) is 2. The van der Waals surface area contributed by atoms with Crippen LogP contribution < -0.4 is 4.72 Å². The third kappa shape index (κ3) is 2.17. The number of sulfonamides is 1. The van der Waals surface area contributed by atoms with Crippen molar-refractivity contribution in [3.63, 3.8) is 0 Å². The summed E-state index contributed by atoms with van der Waals surface area (Å²) in [7, 11) is -1.99. The number of para-hydroxylation sites is 1. The molecular formula is C13H15N5O2S. The van der Waals surface area contributed by atoms with Crippen molar-refractivity contribution in [2.24, 2.45) is 7.05 Å². The Morgan fingerprint density at radius 2 is 2.05 bits per heavy atom. The lowest BCUT2D eigenvalue weighted by Crippen LogP contribution is -2.15. The number of hydrogen-bond acceptors (Lipinski definition) is 4. The average Bonchev–Trinajstić information content (AvgIpc) is 2.95. The van der Waals surface area contributed by atoms with Crippen LogP contribution in [-0.4, -0.2) is 28.2 Å². The lowest BCUT2D eigenvalue weighted by atomic mass is 10.3. The van der Waals surface area contributed by atoms with Gasteiger partial charge in [-0.25, -0.2) is 13.4 Å². The Labute approximate surface area is 122 Å². The maximum Gasteiger partial charge on any atom is 0.265 e. The number of imidazole rings is 1. The second-order valence-electron chi connectivity index (χ2n) is 4.83. The maximum absolute atomic E-state index is 12.6. The van der Waals surface area contributed by atoms with Crippen LogP contribution in [0.1, 0.15) is 11.4 Å². The molecule has 0 unspecified atom stereocenters. The Bertz CT molecular complexity index is 923. The summed E-state index contributed by atoms with van der Waals surface area (Å²) in [6.07, 6.45) is 1.53. The number of rotatable bonds is 3. The molecule has 0 aliphatic carbocycles. The van der Waals surface area contributed by atoms with Crippen molar-refractivity contribution >= 4 is 26.7 Å². The Balaban J connectivity index is 2.10. The number of hydrogen-bond donors (Lipinski definition) is 2. The van der Waals surface area contributed by atoms with E-state index in [1.54, 1.807) is 37.7 Å². The zero-order chi connectivity index (χ0) is 15.2. The van der Waals surface area contributed by atoms with Gasteiger partial charge in [0.05, 0.1) is 28.9 Å². The van der Waals surface area contributed by atoms with Gasteiger partial charge in [0.1, 0.15) is 10.4 Å². The molecule has 0 spiro atoms. The van der Waals surface area contributed by atoms with E-state index in [4.69, 9.17) is 0 Å². The molecule has 0 saturated carbocycles. The van der Waals surface area contributed by atoms with Gasteiger partial charge in [-0.2, -0.15) is 5.10 Å². The number of benzene rings is 1. The molecule has 1 aromatic carbocycles. The van der Waals surface area contributed by atoms with Crippen LogP contribution in [0, 0.1) is 13.8 Å². The molecule has 2 N–H and O–H groups in total. The number of nitrogens with zero attached hydrogens (tertiary/aromatic N) is 3. The predicted molar refractivity (Wildman–Crippen MR) is 79.6 cm³/mol. The largest absolute Gasteiger partial charge is 0.345 e. The van der Waals surface area contributed by atoms with E-state index in [2.05, 4.69) is 19.8 Å². The molecule has 0 saturated heterocycles. The van der Waals surface area contributed by atoms with Crippen LogP contribution in [0.5, 0.6) is 0 Å². The van der Waals surface area contributed by atoms with Gasteiger partial charge < -0.3 is 4.98 Å². The van der Waals surface area contributed by atoms with E-state index in [0.717, 1.165) is 5.52 Å². The minimum atomic E-state index is -3.71. The van der Waals surface area contributed by atoms with E-state index in [0.29, 0.717) is 22.6 Å². The molecular weight excluding hydrogens is 290 g/mol. The van der Waals surface area contributed by atoms with E-state index in [1.807, 2.05) is 6.07 Å². The van der Waals surface area contributed by atoms with Crippen LogP contribution in [0.15, 0.2) is 29.4 Å². The minimum absolute atomic E-state index is 0.206. The van der Waals surface area contributed by atoms with Crippen molar-refractivity contribution in [1.82, 2.24) is 19.7 Å². The number of fused-ring (bicyclic) bond motifs is 1. The van der Waals surface area contributed by atoms with E-state index in [-0.39, 0.29) is 4.90 Å². The van der Waals surface area contributed by atoms with Crippen LogP contribution in [0.2, 0.25) is 0 Å². The summed E-state index contributed by atoms with van der Waals surface area (Å²) in [5.74, 6) is 0. The summed E-state index contributed by atoms with van der Waals surface area (Å²) < 4.78 is 29.4. The molecule has 3 rings (SSSR count). The van der Waals surface area contributed by atoms with Crippen molar-refractivity contribution in [1.29, 1.82) is 0 Å². The van der Waals surface area contributed by atoms with Crippen LogP contribution in [0.25, 0.3) is 11.0 Å². The SMILES string of the molecule is Cc1nn(C)c(C)c1S(=O)(=O)Nc1cccc2[nH]cnc12. The van der Waals surface area contributed by atoms with Crippen LogP contribution in [0.4, 0.5) is 5.69 Å².